The summed E-state index contributed by atoms with van der Waals surface area (Å²) in [5.41, 5.74) is 0. The topological polar surface area (TPSA) is 114 Å². The van der Waals surface area contributed by atoms with Crippen LogP contribution in [0.2, 0.25) is 0 Å². The third kappa shape index (κ3) is 15.6. The van der Waals surface area contributed by atoms with E-state index < -0.39 is 30.7 Å². The summed E-state index contributed by atoms with van der Waals surface area (Å²) in [6.07, 6.45) is 2.41. The fourth-order valence-electron chi connectivity index (χ4n) is 1.10. The number of hydrogen-bond donors (Lipinski definition) is 0. The van der Waals surface area contributed by atoms with Gasteiger partial charge < -0.3 is 9.11 Å². The largest absolute Gasteiger partial charge is 2.00 e. The van der Waals surface area contributed by atoms with Crippen LogP contribution in [0.25, 0.3) is 0 Å². The first-order valence-electron chi connectivity index (χ1n) is 5.86. The summed E-state index contributed by atoms with van der Waals surface area (Å²) < 4.78 is 61.0. The van der Waals surface area contributed by atoms with Gasteiger partial charge in [-0.1, -0.05) is 26.7 Å². The molecular weight excluding hydrogens is 418 g/mol. The van der Waals surface area contributed by atoms with Crippen LogP contribution in [0.1, 0.15) is 53.4 Å². The normalized spacial score (nSPS) is 14.6. The van der Waals surface area contributed by atoms with Crippen LogP contribution < -0.4 is 0 Å². The van der Waals surface area contributed by atoms with Crippen LogP contribution in [-0.2, 0) is 20.2 Å². The van der Waals surface area contributed by atoms with Crippen LogP contribution in [0.15, 0.2) is 0 Å². The second-order valence-electron chi connectivity index (χ2n) is 4.18. The van der Waals surface area contributed by atoms with Crippen LogP contribution in [0.3, 0.4) is 0 Å². The molecule has 0 rings (SSSR count). The van der Waals surface area contributed by atoms with Gasteiger partial charge in [0.25, 0.3) is 0 Å². The van der Waals surface area contributed by atoms with Crippen molar-refractivity contribution < 1.29 is 25.9 Å². The van der Waals surface area contributed by atoms with Crippen LogP contribution >= 0.6 is 0 Å². The molecule has 2 atom stereocenters. The number of hydrogen-bond acceptors (Lipinski definition) is 6. The Morgan fingerprint density at radius 3 is 1.05 bits per heavy atom. The Morgan fingerprint density at radius 2 is 1.00 bits per heavy atom. The Bertz CT molecular complexity index is 364. The predicted molar refractivity (Wildman–Crippen MR) is 73.9 cm³/mol. The zero-order valence-electron chi connectivity index (χ0n) is 12.0. The van der Waals surface area contributed by atoms with Gasteiger partial charge in [-0.15, -0.1) is 0 Å². The fourth-order valence-corrected chi connectivity index (χ4v) is 2.15. The minimum atomic E-state index is -4.01. The van der Waals surface area contributed by atoms with Gasteiger partial charge in [0.1, 0.15) is 0 Å². The summed E-state index contributed by atoms with van der Waals surface area (Å²) in [5.74, 6) is 0. The summed E-state index contributed by atoms with van der Waals surface area (Å²) in [7, 11) is -8.03. The molecule has 0 spiro atoms. The molecule has 6 nitrogen and oxygen atoms in total. The van der Waals surface area contributed by atoms with Crippen molar-refractivity contribution in [2.45, 2.75) is 63.9 Å². The molecule has 0 aromatic rings. The fraction of sp³-hybridized carbons (Fsp3) is 1.00. The van der Waals surface area contributed by atoms with E-state index in [0.29, 0.717) is 12.8 Å². The maximum Gasteiger partial charge on any atom is 2.00 e. The molecule has 0 heterocycles. The zero-order chi connectivity index (χ0) is 15.0. The van der Waals surface area contributed by atoms with Gasteiger partial charge in [0, 0.05) is 10.5 Å². The first kappa shape index (κ1) is 25.4. The molecule has 0 aliphatic heterocycles. The molecule has 19 heavy (non-hydrogen) atoms. The van der Waals surface area contributed by atoms with Crippen LogP contribution in [-0.4, -0.2) is 85.3 Å². The van der Waals surface area contributed by atoms with Crippen LogP contribution in [0.5, 0.6) is 0 Å². The molecule has 0 aromatic heterocycles. The SMILES string of the molecule is CCC[C@H](C)S(=O)(=O)[O-].CCC[C@H](C)S(=O)(=O)[O-].[Ba+2]. The number of rotatable bonds is 6. The molecular formula is C10H22BaO6S2. The van der Waals surface area contributed by atoms with E-state index in [-0.39, 0.29) is 48.9 Å². The molecule has 112 valence electrons. The van der Waals surface area contributed by atoms with Crippen molar-refractivity contribution >= 4 is 69.1 Å². The van der Waals surface area contributed by atoms with Crippen molar-refractivity contribution in [3.8, 4) is 0 Å². The van der Waals surface area contributed by atoms with Crippen LogP contribution in [0, 0.1) is 0 Å². The molecule has 0 bridgehead atoms. The Hall–Kier alpha value is 1.39. The summed E-state index contributed by atoms with van der Waals surface area (Å²) in [5, 5.41) is -1.44. The minimum absolute atomic E-state index is 0. The van der Waals surface area contributed by atoms with Gasteiger partial charge in [0.2, 0.25) is 0 Å². The Balaban J connectivity index is -0.000000256. The minimum Gasteiger partial charge on any atom is -0.748 e. The molecule has 0 saturated carbocycles. The molecule has 0 aliphatic rings. The molecule has 9 heteroatoms. The summed E-state index contributed by atoms with van der Waals surface area (Å²) >= 11 is 0. The molecule has 0 aliphatic carbocycles. The van der Waals surface area contributed by atoms with Crippen molar-refractivity contribution in [3.63, 3.8) is 0 Å². The van der Waals surface area contributed by atoms with Crippen molar-refractivity contribution in [2.24, 2.45) is 0 Å². The van der Waals surface area contributed by atoms with Gasteiger partial charge in [0.15, 0.2) is 0 Å². The van der Waals surface area contributed by atoms with E-state index in [0.717, 1.165) is 12.8 Å². The molecule has 0 fully saturated rings. The molecule has 0 N–H and O–H groups in total. The second-order valence-corrected chi connectivity index (χ2v) is 7.76. The van der Waals surface area contributed by atoms with Gasteiger partial charge >= 0.3 is 48.9 Å². The van der Waals surface area contributed by atoms with Crippen molar-refractivity contribution in [2.75, 3.05) is 0 Å². The standard InChI is InChI=1S/2C5H12O3S.Ba/c2*1-3-4-5(2)9(6,7)8;/h2*5H,3-4H2,1-2H3,(H,6,7,8);/q;;+2/p-2/t2*5-;/m00./s1. The van der Waals surface area contributed by atoms with Gasteiger partial charge in [-0.2, -0.15) is 0 Å². The molecule has 0 unspecified atom stereocenters. The Kier molecular flexibility index (Phi) is 16.0. The van der Waals surface area contributed by atoms with Crippen molar-refractivity contribution in [1.29, 1.82) is 0 Å². The smallest absolute Gasteiger partial charge is 0.748 e. The molecule has 0 aromatic carbocycles. The third-order valence-electron chi connectivity index (χ3n) is 2.38. The van der Waals surface area contributed by atoms with E-state index in [2.05, 4.69) is 0 Å². The third-order valence-corrected chi connectivity index (χ3v) is 4.82. The maximum atomic E-state index is 10.2. The molecule has 0 saturated heterocycles. The van der Waals surface area contributed by atoms with Gasteiger partial charge in [-0.05, 0) is 26.7 Å². The molecule has 0 radical (unpaired) electrons. The van der Waals surface area contributed by atoms with Crippen molar-refractivity contribution in [1.82, 2.24) is 0 Å². The van der Waals surface area contributed by atoms with Crippen LogP contribution in [0.4, 0.5) is 0 Å². The van der Waals surface area contributed by atoms with E-state index in [9.17, 15) is 25.9 Å². The van der Waals surface area contributed by atoms with Gasteiger partial charge in [-0.3, -0.25) is 0 Å². The monoisotopic (exact) mass is 440 g/mol. The average Bonchev–Trinajstić information content (AvgIpc) is 2.16. The molecule has 0 amide bonds. The first-order valence-corrected chi connectivity index (χ1v) is 8.80. The van der Waals surface area contributed by atoms with E-state index in [1.807, 2.05) is 13.8 Å². The van der Waals surface area contributed by atoms with Gasteiger partial charge in [0.05, 0.1) is 20.2 Å². The van der Waals surface area contributed by atoms with Crippen molar-refractivity contribution in [3.05, 3.63) is 0 Å². The Labute approximate surface area is 157 Å². The maximum absolute atomic E-state index is 10.2. The summed E-state index contributed by atoms with van der Waals surface area (Å²) in [6.45, 7) is 6.57. The second kappa shape index (κ2) is 12.0. The van der Waals surface area contributed by atoms with E-state index in [1.54, 1.807) is 0 Å². The quantitative estimate of drug-likeness (QED) is 0.451. The van der Waals surface area contributed by atoms with E-state index in [1.165, 1.54) is 13.8 Å². The Morgan fingerprint density at radius 1 is 0.789 bits per heavy atom. The van der Waals surface area contributed by atoms with Gasteiger partial charge in [-0.25, -0.2) is 16.8 Å². The average molecular weight is 440 g/mol. The predicted octanol–water partition coefficient (Wildman–Crippen LogP) is 1.06. The zero-order valence-corrected chi connectivity index (χ0v) is 18.0. The summed E-state index contributed by atoms with van der Waals surface area (Å²) in [6, 6.07) is 0. The van der Waals surface area contributed by atoms with E-state index >= 15 is 0 Å². The van der Waals surface area contributed by atoms with E-state index in [4.69, 9.17) is 0 Å². The summed E-state index contributed by atoms with van der Waals surface area (Å²) in [4.78, 5) is 0. The first-order chi connectivity index (χ1) is 7.96.